The third kappa shape index (κ3) is 5.94. The molecule has 2 N–H and O–H groups in total. The fourth-order valence-electron chi connectivity index (χ4n) is 4.20. The minimum absolute atomic E-state index is 0.00865. The van der Waals surface area contributed by atoms with Crippen molar-refractivity contribution in [3.63, 3.8) is 0 Å². The zero-order valence-electron chi connectivity index (χ0n) is 18.5. The van der Waals surface area contributed by atoms with E-state index < -0.39 is 0 Å². The molecule has 7 heteroatoms. The molecule has 4 rings (SSSR count). The summed E-state index contributed by atoms with van der Waals surface area (Å²) in [4.78, 5) is 43.2. The molecular formula is C26H28N4O3. The normalized spacial score (nSPS) is 14.1. The van der Waals surface area contributed by atoms with E-state index in [2.05, 4.69) is 15.6 Å². The highest BCUT2D eigenvalue weighted by Crippen LogP contribution is 2.19. The van der Waals surface area contributed by atoms with Gasteiger partial charge in [-0.25, -0.2) is 0 Å². The highest BCUT2D eigenvalue weighted by molar-refractivity contribution is 5.91. The zero-order chi connectivity index (χ0) is 23.0. The highest BCUT2D eigenvalue weighted by Gasteiger charge is 2.27. The van der Waals surface area contributed by atoms with Crippen molar-refractivity contribution in [1.29, 1.82) is 0 Å². The number of nitrogens with zero attached hydrogens (tertiary/aromatic N) is 2. The molecule has 1 saturated heterocycles. The van der Waals surface area contributed by atoms with E-state index in [0.717, 1.165) is 21.9 Å². The summed E-state index contributed by atoms with van der Waals surface area (Å²) in [6.07, 6.45) is 4.90. The predicted octanol–water partition coefficient (Wildman–Crippen LogP) is 2.45. The zero-order valence-corrected chi connectivity index (χ0v) is 18.5. The number of fused-ring (bicyclic) bond motifs is 1. The molecule has 7 nitrogen and oxygen atoms in total. The number of rotatable bonds is 7. The minimum atomic E-state index is -0.177. The Morgan fingerprint density at radius 1 is 0.939 bits per heavy atom. The van der Waals surface area contributed by atoms with Gasteiger partial charge in [0.05, 0.1) is 13.0 Å². The summed E-state index contributed by atoms with van der Waals surface area (Å²) in [5.74, 6) is -0.388. The summed E-state index contributed by atoms with van der Waals surface area (Å²) in [6, 6.07) is 17.6. The van der Waals surface area contributed by atoms with Gasteiger partial charge in [-0.2, -0.15) is 0 Å². The first-order valence-electron chi connectivity index (χ1n) is 11.3. The van der Waals surface area contributed by atoms with E-state index >= 15 is 0 Å². The van der Waals surface area contributed by atoms with Gasteiger partial charge in [-0.3, -0.25) is 19.4 Å². The van der Waals surface area contributed by atoms with Gasteiger partial charge >= 0.3 is 0 Å². The Morgan fingerprint density at radius 2 is 1.73 bits per heavy atom. The van der Waals surface area contributed by atoms with Gasteiger partial charge in [0.1, 0.15) is 0 Å². The predicted molar refractivity (Wildman–Crippen MR) is 126 cm³/mol. The Kier molecular flexibility index (Phi) is 7.29. The maximum atomic E-state index is 12.6. The number of likely N-dealkylation sites (tertiary alicyclic amines) is 1. The quantitative estimate of drug-likeness (QED) is 0.586. The van der Waals surface area contributed by atoms with Crippen molar-refractivity contribution in [3.8, 4) is 0 Å². The van der Waals surface area contributed by atoms with E-state index in [1.54, 1.807) is 17.3 Å². The number of benzene rings is 2. The Morgan fingerprint density at radius 3 is 2.52 bits per heavy atom. The molecule has 3 amide bonds. The SMILES string of the molecule is O=C(Cc1cccc2ccccc12)NCC(=O)N1CCC(C(=O)NCc2cccnc2)CC1. The number of carbonyl (C=O) groups is 3. The number of hydrogen-bond acceptors (Lipinski definition) is 4. The lowest BCUT2D eigenvalue weighted by Gasteiger charge is -2.31. The second-order valence-corrected chi connectivity index (χ2v) is 8.33. The lowest BCUT2D eigenvalue weighted by atomic mass is 9.95. The molecule has 0 radical (unpaired) electrons. The fraction of sp³-hybridized carbons (Fsp3) is 0.308. The molecule has 1 fully saturated rings. The van der Waals surface area contributed by atoms with Crippen molar-refractivity contribution >= 4 is 28.5 Å². The number of pyridine rings is 1. The van der Waals surface area contributed by atoms with Crippen LogP contribution in [-0.2, 0) is 27.3 Å². The van der Waals surface area contributed by atoms with E-state index in [1.165, 1.54) is 0 Å². The van der Waals surface area contributed by atoms with Gasteiger partial charge < -0.3 is 15.5 Å². The van der Waals surface area contributed by atoms with E-state index in [9.17, 15) is 14.4 Å². The molecule has 0 aliphatic carbocycles. The van der Waals surface area contributed by atoms with E-state index in [0.29, 0.717) is 32.5 Å². The smallest absolute Gasteiger partial charge is 0.241 e. The molecular weight excluding hydrogens is 416 g/mol. The average molecular weight is 445 g/mol. The lowest BCUT2D eigenvalue weighted by Crippen LogP contribution is -2.46. The van der Waals surface area contributed by atoms with Crippen LogP contribution >= 0.6 is 0 Å². The number of nitrogens with one attached hydrogen (secondary N) is 2. The Labute approximate surface area is 193 Å². The number of carbonyl (C=O) groups excluding carboxylic acids is 3. The molecule has 1 aliphatic heterocycles. The van der Waals surface area contributed by atoms with Crippen molar-refractivity contribution in [3.05, 3.63) is 78.1 Å². The molecule has 0 unspecified atom stereocenters. The van der Waals surface area contributed by atoms with Crippen molar-refractivity contribution < 1.29 is 14.4 Å². The summed E-state index contributed by atoms with van der Waals surface area (Å²) in [5, 5.41) is 7.83. The van der Waals surface area contributed by atoms with Crippen LogP contribution in [0, 0.1) is 5.92 Å². The van der Waals surface area contributed by atoms with Crippen LogP contribution in [0.5, 0.6) is 0 Å². The molecule has 0 spiro atoms. The summed E-state index contributed by atoms with van der Waals surface area (Å²) >= 11 is 0. The number of amides is 3. The molecule has 2 aromatic carbocycles. The first-order chi connectivity index (χ1) is 16.1. The topological polar surface area (TPSA) is 91.4 Å². The first-order valence-corrected chi connectivity index (χ1v) is 11.3. The van der Waals surface area contributed by atoms with Crippen molar-refractivity contribution in [1.82, 2.24) is 20.5 Å². The first kappa shape index (κ1) is 22.5. The highest BCUT2D eigenvalue weighted by atomic mass is 16.2. The molecule has 170 valence electrons. The van der Waals surface area contributed by atoms with Gasteiger partial charge in [-0.1, -0.05) is 48.5 Å². The van der Waals surface area contributed by atoms with Crippen LogP contribution in [0.2, 0.25) is 0 Å². The molecule has 33 heavy (non-hydrogen) atoms. The second-order valence-electron chi connectivity index (χ2n) is 8.33. The van der Waals surface area contributed by atoms with Crippen LogP contribution in [0.15, 0.2) is 67.0 Å². The van der Waals surface area contributed by atoms with Crippen LogP contribution in [0.1, 0.15) is 24.0 Å². The summed E-state index contributed by atoms with van der Waals surface area (Å²) in [7, 11) is 0. The Hall–Kier alpha value is -3.74. The van der Waals surface area contributed by atoms with Crippen molar-refractivity contribution in [2.24, 2.45) is 5.92 Å². The molecule has 1 aromatic heterocycles. The molecule has 0 bridgehead atoms. The van der Waals surface area contributed by atoms with E-state index in [1.807, 2.05) is 54.6 Å². The molecule has 0 saturated carbocycles. The van der Waals surface area contributed by atoms with E-state index in [-0.39, 0.29) is 36.6 Å². The van der Waals surface area contributed by atoms with Gasteiger partial charge in [-0.15, -0.1) is 0 Å². The summed E-state index contributed by atoms with van der Waals surface area (Å²) < 4.78 is 0. The van der Waals surface area contributed by atoms with Gasteiger partial charge in [0, 0.05) is 37.9 Å². The number of piperidine rings is 1. The summed E-state index contributed by atoms with van der Waals surface area (Å²) in [5.41, 5.74) is 1.90. The monoisotopic (exact) mass is 444 g/mol. The third-order valence-electron chi connectivity index (χ3n) is 6.08. The third-order valence-corrected chi connectivity index (χ3v) is 6.08. The van der Waals surface area contributed by atoms with Gasteiger partial charge in [0.2, 0.25) is 17.7 Å². The maximum Gasteiger partial charge on any atom is 0.241 e. The second kappa shape index (κ2) is 10.7. The van der Waals surface area contributed by atoms with E-state index in [4.69, 9.17) is 0 Å². The van der Waals surface area contributed by atoms with Crippen LogP contribution in [0.3, 0.4) is 0 Å². The van der Waals surface area contributed by atoms with Crippen LogP contribution in [0.25, 0.3) is 10.8 Å². The minimum Gasteiger partial charge on any atom is -0.352 e. The lowest BCUT2D eigenvalue weighted by molar-refractivity contribution is -0.136. The van der Waals surface area contributed by atoms with Crippen LogP contribution in [0.4, 0.5) is 0 Å². The Bertz CT molecular complexity index is 1120. The average Bonchev–Trinajstić information content (AvgIpc) is 2.87. The standard InChI is InChI=1S/C26H28N4O3/c31-24(15-22-8-3-7-20-6-1-2-9-23(20)22)28-18-25(32)30-13-10-21(11-14-30)26(33)29-17-19-5-4-12-27-16-19/h1-9,12,16,21H,10-11,13-15,17-18H2,(H,28,31)(H,29,33). The van der Waals surface area contributed by atoms with Crippen molar-refractivity contribution in [2.45, 2.75) is 25.8 Å². The van der Waals surface area contributed by atoms with Crippen LogP contribution in [-0.4, -0.2) is 47.2 Å². The maximum absolute atomic E-state index is 12.6. The summed E-state index contributed by atoms with van der Waals surface area (Å²) in [6.45, 7) is 1.46. The molecule has 2 heterocycles. The molecule has 3 aromatic rings. The van der Waals surface area contributed by atoms with Gasteiger partial charge in [-0.05, 0) is 40.8 Å². The largest absolute Gasteiger partial charge is 0.352 e. The van der Waals surface area contributed by atoms with Gasteiger partial charge in [0.15, 0.2) is 0 Å². The fourth-order valence-corrected chi connectivity index (χ4v) is 4.20. The van der Waals surface area contributed by atoms with Crippen LogP contribution < -0.4 is 10.6 Å². The molecule has 1 aliphatic rings. The van der Waals surface area contributed by atoms with Gasteiger partial charge in [0.25, 0.3) is 0 Å². The number of hydrogen-bond donors (Lipinski definition) is 2. The molecule has 0 atom stereocenters. The Balaban J connectivity index is 1.20. The van der Waals surface area contributed by atoms with Crippen molar-refractivity contribution in [2.75, 3.05) is 19.6 Å². The number of aromatic nitrogens is 1.